The van der Waals surface area contributed by atoms with Crippen LogP contribution in [-0.2, 0) is 0 Å². The minimum absolute atomic E-state index is 0.270. The number of rotatable bonds is 3. The minimum atomic E-state index is -0.701. The molecule has 2 aromatic carbocycles. The molecule has 0 atom stereocenters. The van der Waals surface area contributed by atoms with Crippen molar-refractivity contribution in [1.29, 1.82) is 0 Å². The maximum atomic E-state index is 14.7. The zero-order valence-electron chi connectivity index (χ0n) is 13.6. The third-order valence-electron chi connectivity index (χ3n) is 4.03. The number of aromatic nitrogens is 3. The van der Waals surface area contributed by atoms with Crippen LogP contribution in [0.5, 0.6) is 0 Å². The molecular formula is C21H13F2N3. The standard InChI is InChI=1S/C21H13F2N3/c22-16-11-9-15(10-12-16)20-18(14-6-2-1-3-7-14)19(21(23)26-25-20)17-8-4-5-13-24-17/h1-13H. The predicted molar refractivity (Wildman–Crippen MR) is 96.1 cm³/mol. The molecule has 126 valence electrons. The van der Waals surface area contributed by atoms with Gasteiger partial charge in [0.2, 0.25) is 5.95 Å². The molecule has 2 heterocycles. The van der Waals surface area contributed by atoms with E-state index in [2.05, 4.69) is 15.2 Å². The van der Waals surface area contributed by atoms with E-state index in [0.29, 0.717) is 22.5 Å². The number of halogens is 2. The van der Waals surface area contributed by atoms with Gasteiger partial charge in [-0.1, -0.05) is 36.4 Å². The van der Waals surface area contributed by atoms with E-state index in [1.165, 1.54) is 12.1 Å². The highest BCUT2D eigenvalue weighted by molar-refractivity contribution is 5.91. The Balaban J connectivity index is 2.06. The van der Waals surface area contributed by atoms with E-state index < -0.39 is 5.95 Å². The first-order valence-electron chi connectivity index (χ1n) is 8.03. The smallest absolute Gasteiger partial charge is 0.243 e. The lowest BCUT2D eigenvalue weighted by Crippen LogP contribution is -2.02. The van der Waals surface area contributed by atoms with Crippen molar-refractivity contribution in [3.05, 3.63) is 90.8 Å². The highest BCUT2D eigenvalue weighted by Crippen LogP contribution is 2.38. The summed E-state index contributed by atoms with van der Waals surface area (Å²) in [7, 11) is 0. The van der Waals surface area contributed by atoms with Crippen LogP contribution in [0.4, 0.5) is 8.78 Å². The van der Waals surface area contributed by atoms with Gasteiger partial charge in [0.05, 0.1) is 11.3 Å². The molecule has 4 aromatic rings. The second-order valence-corrected chi connectivity index (χ2v) is 5.68. The monoisotopic (exact) mass is 345 g/mol. The number of benzene rings is 2. The molecule has 0 aliphatic carbocycles. The van der Waals surface area contributed by atoms with Crippen molar-refractivity contribution >= 4 is 0 Å². The molecule has 0 aliphatic rings. The fourth-order valence-corrected chi connectivity index (χ4v) is 2.86. The van der Waals surface area contributed by atoms with E-state index >= 15 is 0 Å². The highest BCUT2D eigenvalue weighted by atomic mass is 19.1. The minimum Gasteiger partial charge on any atom is -0.256 e. The molecule has 2 aromatic heterocycles. The van der Waals surface area contributed by atoms with Gasteiger partial charge < -0.3 is 0 Å². The molecule has 0 N–H and O–H groups in total. The molecule has 0 saturated carbocycles. The largest absolute Gasteiger partial charge is 0.256 e. The van der Waals surface area contributed by atoms with Crippen LogP contribution >= 0.6 is 0 Å². The van der Waals surface area contributed by atoms with Gasteiger partial charge in [-0.15, -0.1) is 10.2 Å². The van der Waals surface area contributed by atoms with E-state index in [1.54, 1.807) is 36.5 Å². The van der Waals surface area contributed by atoms with Crippen molar-refractivity contribution in [3.63, 3.8) is 0 Å². The van der Waals surface area contributed by atoms with E-state index in [1.807, 2.05) is 30.3 Å². The summed E-state index contributed by atoms with van der Waals surface area (Å²) in [5.41, 5.74) is 3.20. The predicted octanol–water partition coefficient (Wildman–Crippen LogP) is 5.15. The van der Waals surface area contributed by atoms with Gasteiger partial charge in [-0.25, -0.2) is 4.39 Å². The van der Waals surface area contributed by atoms with E-state index in [9.17, 15) is 8.78 Å². The fourth-order valence-electron chi connectivity index (χ4n) is 2.86. The Kier molecular flexibility index (Phi) is 4.19. The van der Waals surface area contributed by atoms with Crippen molar-refractivity contribution in [1.82, 2.24) is 15.2 Å². The Morgan fingerprint density at radius 3 is 2.04 bits per heavy atom. The Bertz CT molecular complexity index is 1030. The third-order valence-corrected chi connectivity index (χ3v) is 4.03. The van der Waals surface area contributed by atoms with Gasteiger partial charge in [0.15, 0.2) is 0 Å². The Morgan fingerprint density at radius 1 is 0.615 bits per heavy atom. The lowest BCUT2D eigenvalue weighted by molar-refractivity contribution is 0.568. The van der Waals surface area contributed by atoms with Crippen LogP contribution in [0.25, 0.3) is 33.6 Å². The average molecular weight is 345 g/mol. The summed E-state index contributed by atoms with van der Waals surface area (Å²) < 4.78 is 28.0. The molecule has 3 nitrogen and oxygen atoms in total. The van der Waals surface area contributed by atoms with Crippen molar-refractivity contribution < 1.29 is 8.78 Å². The van der Waals surface area contributed by atoms with Crippen molar-refractivity contribution in [2.24, 2.45) is 0 Å². The Labute approximate surface area is 149 Å². The van der Waals surface area contributed by atoms with Crippen LogP contribution in [0.2, 0.25) is 0 Å². The second kappa shape index (κ2) is 6.80. The third kappa shape index (κ3) is 2.95. The first-order valence-corrected chi connectivity index (χ1v) is 8.03. The molecule has 0 spiro atoms. The van der Waals surface area contributed by atoms with E-state index in [-0.39, 0.29) is 11.4 Å². The summed E-state index contributed by atoms with van der Waals surface area (Å²) in [5, 5.41) is 7.76. The molecule has 0 radical (unpaired) electrons. The summed E-state index contributed by atoms with van der Waals surface area (Å²) in [5.74, 6) is -1.05. The summed E-state index contributed by atoms with van der Waals surface area (Å²) in [6.45, 7) is 0. The zero-order chi connectivity index (χ0) is 17.9. The molecular weight excluding hydrogens is 332 g/mol. The lowest BCUT2D eigenvalue weighted by atomic mass is 9.94. The van der Waals surface area contributed by atoms with E-state index in [4.69, 9.17) is 0 Å². The van der Waals surface area contributed by atoms with Crippen LogP contribution < -0.4 is 0 Å². The van der Waals surface area contributed by atoms with Gasteiger partial charge in [0.1, 0.15) is 11.5 Å². The van der Waals surface area contributed by atoms with E-state index in [0.717, 1.165) is 5.56 Å². The maximum Gasteiger partial charge on any atom is 0.243 e. The van der Waals surface area contributed by atoms with Gasteiger partial charge >= 0.3 is 0 Å². The molecule has 0 bridgehead atoms. The van der Waals surface area contributed by atoms with Gasteiger partial charge in [0, 0.05) is 17.3 Å². The number of pyridine rings is 1. The normalized spacial score (nSPS) is 10.7. The average Bonchev–Trinajstić information content (AvgIpc) is 2.70. The van der Waals surface area contributed by atoms with Crippen LogP contribution in [0.3, 0.4) is 0 Å². The molecule has 0 amide bonds. The summed E-state index contributed by atoms with van der Waals surface area (Å²) in [6, 6.07) is 20.5. The summed E-state index contributed by atoms with van der Waals surface area (Å²) in [4.78, 5) is 4.28. The van der Waals surface area contributed by atoms with Crippen molar-refractivity contribution in [2.75, 3.05) is 0 Å². The number of nitrogens with zero attached hydrogens (tertiary/aromatic N) is 3. The lowest BCUT2D eigenvalue weighted by Gasteiger charge is -2.14. The van der Waals surface area contributed by atoms with Gasteiger partial charge in [-0.2, -0.15) is 4.39 Å². The quantitative estimate of drug-likeness (QED) is 0.515. The fraction of sp³-hybridized carbons (Fsp3) is 0. The van der Waals surface area contributed by atoms with Crippen LogP contribution in [-0.4, -0.2) is 15.2 Å². The molecule has 0 aliphatic heterocycles. The SMILES string of the molecule is Fc1ccc(-c2nnc(F)c(-c3ccccn3)c2-c2ccccc2)cc1. The number of hydrogen-bond donors (Lipinski definition) is 0. The van der Waals surface area contributed by atoms with Crippen molar-refractivity contribution in [2.45, 2.75) is 0 Å². The summed E-state index contributed by atoms with van der Waals surface area (Å²) >= 11 is 0. The second-order valence-electron chi connectivity index (χ2n) is 5.68. The molecule has 0 unspecified atom stereocenters. The molecule has 26 heavy (non-hydrogen) atoms. The first kappa shape index (κ1) is 16.0. The maximum absolute atomic E-state index is 14.7. The van der Waals surface area contributed by atoms with Crippen LogP contribution in [0.1, 0.15) is 0 Å². The summed E-state index contributed by atoms with van der Waals surface area (Å²) in [6.07, 6.45) is 1.60. The Hall–Kier alpha value is -3.47. The molecule has 4 rings (SSSR count). The van der Waals surface area contributed by atoms with Crippen LogP contribution in [0, 0.1) is 11.8 Å². The van der Waals surface area contributed by atoms with Gasteiger partial charge in [0.25, 0.3) is 0 Å². The molecule has 0 saturated heterocycles. The topological polar surface area (TPSA) is 38.7 Å². The molecule has 5 heteroatoms. The number of hydrogen-bond acceptors (Lipinski definition) is 3. The van der Waals surface area contributed by atoms with Crippen molar-refractivity contribution in [3.8, 4) is 33.6 Å². The Morgan fingerprint density at radius 2 is 1.35 bits per heavy atom. The first-order chi connectivity index (χ1) is 12.7. The van der Waals surface area contributed by atoms with Crippen LogP contribution in [0.15, 0.2) is 79.0 Å². The zero-order valence-corrected chi connectivity index (χ0v) is 13.6. The highest BCUT2D eigenvalue weighted by Gasteiger charge is 2.21. The molecule has 0 fully saturated rings. The van der Waals surface area contributed by atoms with Gasteiger partial charge in [-0.3, -0.25) is 4.98 Å². The van der Waals surface area contributed by atoms with Gasteiger partial charge in [-0.05, 0) is 42.0 Å².